The number of anilines is 2. The molecule has 0 aliphatic rings. The highest BCUT2D eigenvalue weighted by molar-refractivity contribution is 7.10. The average molecular weight is 376 g/mol. The minimum Gasteiger partial charge on any atom is -0.326 e. The maximum absolute atomic E-state index is 12.1. The van der Waals surface area contributed by atoms with Gasteiger partial charge in [0.2, 0.25) is 11.8 Å². The van der Waals surface area contributed by atoms with Crippen molar-refractivity contribution in [2.75, 3.05) is 10.6 Å². The van der Waals surface area contributed by atoms with Crippen molar-refractivity contribution >= 4 is 40.6 Å². The van der Waals surface area contributed by atoms with Crippen LogP contribution < -0.4 is 10.6 Å². The van der Waals surface area contributed by atoms with Gasteiger partial charge in [-0.05, 0) is 47.7 Å². The summed E-state index contributed by atoms with van der Waals surface area (Å²) in [5, 5.41) is 7.64. The van der Waals surface area contributed by atoms with Crippen molar-refractivity contribution in [3.8, 4) is 0 Å². The van der Waals surface area contributed by atoms with Gasteiger partial charge in [0.1, 0.15) is 0 Å². The second-order valence-corrected chi connectivity index (χ2v) is 6.93. The van der Waals surface area contributed by atoms with Crippen LogP contribution in [0.15, 0.2) is 78.2 Å². The number of thiophene rings is 1. The Morgan fingerprint density at radius 3 is 2.41 bits per heavy atom. The number of nitrogens with one attached hydrogen (secondary N) is 2. The zero-order valence-electron chi connectivity index (χ0n) is 14.7. The Labute approximate surface area is 162 Å². The summed E-state index contributed by atoms with van der Waals surface area (Å²) in [5.41, 5.74) is 2.43. The van der Waals surface area contributed by atoms with E-state index in [0.717, 1.165) is 10.4 Å². The topological polar surface area (TPSA) is 58.2 Å². The second kappa shape index (κ2) is 9.50. The van der Waals surface area contributed by atoms with Gasteiger partial charge in [-0.2, -0.15) is 0 Å². The van der Waals surface area contributed by atoms with Gasteiger partial charge in [-0.15, -0.1) is 11.3 Å². The summed E-state index contributed by atoms with van der Waals surface area (Å²) in [4.78, 5) is 25.2. The van der Waals surface area contributed by atoms with Gasteiger partial charge in [-0.1, -0.05) is 42.5 Å². The normalized spacial score (nSPS) is 10.7. The quantitative estimate of drug-likeness (QED) is 0.572. The molecule has 0 bridgehead atoms. The van der Waals surface area contributed by atoms with E-state index in [1.54, 1.807) is 41.7 Å². The Bertz CT molecular complexity index is 919. The first-order valence-corrected chi connectivity index (χ1v) is 9.53. The molecule has 27 heavy (non-hydrogen) atoms. The Morgan fingerprint density at radius 1 is 0.889 bits per heavy atom. The molecule has 3 aromatic rings. The van der Waals surface area contributed by atoms with Crippen molar-refractivity contribution in [2.45, 2.75) is 12.8 Å². The summed E-state index contributed by atoms with van der Waals surface area (Å²) in [5.74, 6) is -0.268. The highest BCUT2D eigenvalue weighted by Crippen LogP contribution is 2.16. The first-order valence-electron chi connectivity index (χ1n) is 8.65. The van der Waals surface area contributed by atoms with Crippen molar-refractivity contribution in [1.29, 1.82) is 0 Å². The van der Waals surface area contributed by atoms with Crippen molar-refractivity contribution < 1.29 is 9.59 Å². The van der Waals surface area contributed by atoms with Crippen LogP contribution in [0, 0.1) is 0 Å². The Morgan fingerprint density at radius 2 is 1.67 bits per heavy atom. The number of aryl methyl sites for hydroxylation is 1. The van der Waals surface area contributed by atoms with Crippen LogP contribution in [0.2, 0.25) is 0 Å². The zero-order valence-corrected chi connectivity index (χ0v) is 15.5. The van der Waals surface area contributed by atoms with Crippen molar-refractivity contribution in [2.24, 2.45) is 0 Å². The molecule has 0 saturated carbocycles. The Balaban J connectivity index is 1.52. The highest BCUT2D eigenvalue weighted by atomic mass is 32.1. The van der Waals surface area contributed by atoms with E-state index >= 15 is 0 Å². The minimum absolute atomic E-state index is 0.0556. The minimum atomic E-state index is -0.212. The number of carbonyl (C=O) groups is 2. The molecule has 136 valence electrons. The molecule has 0 spiro atoms. The molecular weight excluding hydrogens is 356 g/mol. The molecule has 0 atom stereocenters. The molecule has 0 radical (unpaired) electrons. The molecular formula is C22H20N2O2S. The number of hydrogen-bond acceptors (Lipinski definition) is 3. The maximum Gasteiger partial charge on any atom is 0.248 e. The highest BCUT2D eigenvalue weighted by Gasteiger charge is 2.05. The number of rotatable bonds is 7. The van der Waals surface area contributed by atoms with Gasteiger partial charge in [0.25, 0.3) is 0 Å². The molecule has 0 aliphatic carbocycles. The zero-order chi connectivity index (χ0) is 18.9. The Hall–Kier alpha value is -3.18. The van der Waals surface area contributed by atoms with Gasteiger partial charge in [0.05, 0.1) is 0 Å². The fourth-order valence-corrected chi connectivity index (χ4v) is 3.15. The number of carbonyl (C=O) groups excluding carboxylic acids is 2. The van der Waals surface area contributed by atoms with E-state index in [2.05, 4.69) is 10.6 Å². The third-order valence-corrected chi connectivity index (χ3v) is 4.68. The fraction of sp³-hybridized carbons (Fsp3) is 0.0909. The molecule has 0 fully saturated rings. The molecule has 1 aromatic heterocycles. The average Bonchev–Trinajstić information content (AvgIpc) is 3.20. The van der Waals surface area contributed by atoms with Crippen molar-refractivity contribution in [3.05, 3.63) is 88.6 Å². The van der Waals surface area contributed by atoms with Gasteiger partial charge < -0.3 is 10.6 Å². The SMILES string of the molecule is O=C(/C=C/c1cccs1)Nc1cccc(NC(=O)CCc2ccccc2)c1. The fourth-order valence-electron chi connectivity index (χ4n) is 2.53. The Kier molecular flexibility index (Phi) is 6.55. The summed E-state index contributed by atoms with van der Waals surface area (Å²) in [6.45, 7) is 0. The van der Waals surface area contributed by atoms with E-state index in [4.69, 9.17) is 0 Å². The van der Waals surface area contributed by atoms with Crippen LogP contribution in [-0.2, 0) is 16.0 Å². The van der Waals surface area contributed by atoms with Gasteiger partial charge in [0.15, 0.2) is 0 Å². The second-order valence-electron chi connectivity index (χ2n) is 5.95. The van der Waals surface area contributed by atoms with Gasteiger partial charge in [-0.25, -0.2) is 0 Å². The first-order chi connectivity index (χ1) is 13.2. The lowest BCUT2D eigenvalue weighted by Crippen LogP contribution is -2.13. The van der Waals surface area contributed by atoms with Crippen molar-refractivity contribution in [3.63, 3.8) is 0 Å². The summed E-state index contributed by atoms with van der Waals surface area (Å²) in [7, 11) is 0. The summed E-state index contributed by atoms with van der Waals surface area (Å²) in [6.07, 6.45) is 4.37. The standard InChI is InChI=1S/C22H20N2O2S/c25-21(13-11-17-6-2-1-3-7-17)23-18-8-4-9-19(16-18)24-22(26)14-12-20-10-5-15-27-20/h1-10,12,14-16H,11,13H2,(H,23,25)(H,24,26)/b14-12+. The predicted octanol–water partition coefficient (Wildman–Crippen LogP) is 4.97. The molecule has 0 saturated heterocycles. The third-order valence-electron chi connectivity index (χ3n) is 3.84. The van der Waals surface area contributed by atoms with Crippen LogP contribution in [0.5, 0.6) is 0 Å². The smallest absolute Gasteiger partial charge is 0.248 e. The van der Waals surface area contributed by atoms with E-state index in [1.807, 2.05) is 47.8 Å². The number of benzene rings is 2. The van der Waals surface area contributed by atoms with Crippen LogP contribution in [0.25, 0.3) is 6.08 Å². The molecule has 2 amide bonds. The summed E-state index contributed by atoms with van der Waals surface area (Å²) in [6, 6.07) is 20.9. The lowest BCUT2D eigenvalue weighted by molar-refractivity contribution is -0.116. The first kappa shape index (κ1) is 18.6. The molecule has 0 aliphatic heterocycles. The van der Waals surface area contributed by atoms with Crippen LogP contribution in [-0.4, -0.2) is 11.8 Å². The van der Waals surface area contributed by atoms with Crippen LogP contribution in [0.1, 0.15) is 16.9 Å². The van der Waals surface area contributed by atoms with E-state index in [1.165, 1.54) is 6.08 Å². The van der Waals surface area contributed by atoms with E-state index in [-0.39, 0.29) is 11.8 Å². The third kappa shape index (κ3) is 6.24. The van der Waals surface area contributed by atoms with E-state index in [9.17, 15) is 9.59 Å². The monoisotopic (exact) mass is 376 g/mol. The molecule has 3 rings (SSSR count). The maximum atomic E-state index is 12.1. The van der Waals surface area contributed by atoms with Crippen LogP contribution >= 0.6 is 11.3 Å². The summed E-state index contributed by atoms with van der Waals surface area (Å²) < 4.78 is 0. The molecule has 0 unspecified atom stereocenters. The lowest BCUT2D eigenvalue weighted by Gasteiger charge is -2.08. The van der Waals surface area contributed by atoms with Crippen LogP contribution in [0.3, 0.4) is 0 Å². The van der Waals surface area contributed by atoms with E-state index in [0.29, 0.717) is 24.2 Å². The number of amides is 2. The van der Waals surface area contributed by atoms with Gasteiger partial charge in [-0.3, -0.25) is 9.59 Å². The summed E-state index contributed by atoms with van der Waals surface area (Å²) >= 11 is 1.57. The molecule has 2 N–H and O–H groups in total. The molecule has 1 heterocycles. The number of hydrogen-bond donors (Lipinski definition) is 2. The molecule has 5 heteroatoms. The largest absolute Gasteiger partial charge is 0.326 e. The van der Waals surface area contributed by atoms with Crippen molar-refractivity contribution in [1.82, 2.24) is 0 Å². The molecule has 2 aromatic carbocycles. The van der Waals surface area contributed by atoms with Crippen LogP contribution in [0.4, 0.5) is 11.4 Å². The predicted molar refractivity (Wildman–Crippen MR) is 112 cm³/mol. The lowest BCUT2D eigenvalue weighted by atomic mass is 10.1. The van der Waals surface area contributed by atoms with Gasteiger partial charge >= 0.3 is 0 Å². The van der Waals surface area contributed by atoms with E-state index < -0.39 is 0 Å². The van der Waals surface area contributed by atoms with Gasteiger partial charge in [0, 0.05) is 28.7 Å². The molecule has 4 nitrogen and oxygen atoms in total.